The first-order valence-electron chi connectivity index (χ1n) is 6.07. The Morgan fingerprint density at radius 3 is 2.67 bits per heavy atom. The maximum absolute atomic E-state index is 12.2. The summed E-state index contributed by atoms with van der Waals surface area (Å²) < 4.78 is 27.0. The summed E-state index contributed by atoms with van der Waals surface area (Å²) in [5.41, 5.74) is 0.171. The Bertz CT molecular complexity index is 511. The average molecular weight is 272 g/mol. The minimum Gasteiger partial charge on any atom is -0.310 e. The van der Waals surface area contributed by atoms with Crippen LogP contribution in [0.15, 0.2) is 11.2 Å². The minimum absolute atomic E-state index is 0.158. The largest absolute Gasteiger partial charge is 0.310 e. The lowest BCUT2D eigenvalue weighted by atomic mass is 10.1. The van der Waals surface area contributed by atoms with Gasteiger partial charge in [-0.1, -0.05) is 0 Å². The van der Waals surface area contributed by atoms with Crippen LogP contribution in [0.2, 0.25) is 0 Å². The minimum atomic E-state index is -3.54. The fourth-order valence-electron chi connectivity index (χ4n) is 1.65. The lowest BCUT2D eigenvalue weighted by Crippen LogP contribution is -2.41. The molecule has 0 spiro atoms. The molecule has 1 fully saturated rings. The number of nitrogens with one attached hydrogen (secondary N) is 3. The van der Waals surface area contributed by atoms with Crippen LogP contribution in [0.25, 0.3) is 0 Å². The van der Waals surface area contributed by atoms with Gasteiger partial charge in [0.2, 0.25) is 0 Å². The molecule has 0 radical (unpaired) electrons. The van der Waals surface area contributed by atoms with Crippen molar-refractivity contribution < 1.29 is 8.42 Å². The molecule has 2 rings (SSSR count). The first-order chi connectivity index (χ1) is 8.28. The van der Waals surface area contributed by atoms with Gasteiger partial charge in [-0.15, -0.1) is 0 Å². The third kappa shape index (κ3) is 3.54. The number of sulfonamides is 1. The molecule has 6 nitrogen and oxygen atoms in total. The molecule has 1 saturated carbocycles. The van der Waals surface area contributed by atoms with Crippen LogP contribution in [0.4, 0.5) is 0 Å². The predicted molar refractivity (Wildman–Crippen MR) is 68.5 cm³/mol. The van der Waals surface area contributed by atoms with Crippen LogP contribution in [0.1, 0.15) is 39.2 Å². The Morgan fingerprint density at radius 2 is 2.11 bits per heavy atom. The van der Waals surface area contributed by atoms with Gasteiger partial charge in [0.05, 0.1) is 6.20 Å². The van der Waals surface area contributed by atoms with E-state index >= 15 is 0 Å². The zero-order chi connectivity index (χ0) is 13.4. The number of rotatable bonds is 5. The Kier molecular flexibility index (Phi) is 3.48. The quantitative estimate of drug-likeness (QED) is 0.738. The van der Waals surface area contributed by atoms with E-state index in [0.717, 1.165) is 0 Å². The second-order valence-electron chi connectivity index (χ2n) is 5.74. The highest BCUT2D eigenvalue weighted by molar-refractivity contribution is 7.89. The summed E-state index contributed by atoms with van der Waals surface area (Å²) in [5, 5.41) is 9.84. The summed E-state index contributed by atoms with van der Waals surface area (Å²) in [6, 6.07) is 0.533. The van der Waals surface area contributed by atoms with E-state index in [4.69, 9.17) is 0 Å². The summed E-state index contributed by atoms with van der Waals surface area (Å²) in [6.07, 6.45) is 3.90. The van der Waals surface area contributed by atoms with Crippen molar-refractivity contribution >= 4 is 10.0 Å². The SMILES string of the molecule is CC(C)(C)NS(=O)(=O)c1[nH]ncc1CNC1CC1. The van der Waals surface area contributed by atoms with E-state index in [9.17, 15) is 8.42 Å². The molecule has 18 heavy (non-hydrogen) atoms. The first kappa shape index (κ1) is 13.5. The van der Waals surface area contributed by atoms with E-state index in [0.29, 0.717) is 18.2 Å². The van der Waals surface area contributed by atoms with Crippen LogP contribution in [-0.4, -0.2) is 30.2 Å². The van der Waals surface area contributed by atoms with Crippen molar-refractivity contribution in [2.24, 2.45) is 0 Å². The molecule has 0 aromatic carbocycles. The van der Waals surface area contributed by atoms with E-state index < -0.39 is 15.6 Å². The standard InChI is InChI=1S/C11H20N4O2S/c1-11(2,3)15-18(16,17)10-8(7-13-14-10)6-12-9-4-5-9/h7,9,12,15H,4-6H2,1-3H3,(H,13,14). The van der Waals surface area contributed by atoms with Crippen LogP contribution in [0.3, 0.4) is 0 Å². The van der Waals surface area contributed by atoms with Crippen LogP contribution >= 0.6 is 0 Å². The molecule has 0 amide bonds. The third-order valence-electron chi connectivity index (χ3n) is 2.55. The van der Waals surface area contributed by atoms with Gasteiger partial charge >= 0.3 is 0 Å². The van der Waals surface area contributed by atoms with E-state index in [2.05, 4.69) is 20.2 Å². The molecule has 7 heteroatoms. The van der Waals surface area contributed by atoms with Gasteiger partial charge in [0, 0.05) is 23.7 Å². The maximum Gasteiger partial charge on any atom is 0.258 e. The lowest BCUT2D eigenvalue weighted by molar-refractivity contribution is 0.488. The molecule has 0 aliphatic heterocycles. The van der Waals surface area contributed by atoms with Crippen LogP contribution < -0.4 is 10.0 Å². The van der Waals surface area contributed by atoms with Crippen molar-refractivity contribution in [3.05, 3.63) is 11.8 Å². The first-order valence-corrected chi connectivity index (χ1v) is 7.56. The van der Waals surface area contributed by atoms with Crippen LogP contribution in [0.5, 0.6) is 0 Å². The van der Waals surface area contributed by atoms with E-state index in [1.165, 1.54) is 12.8 Å². The second kappa shape index (κ2) is 4.64. The Morgan fingerprint density at radius 1 is 1.44 bits per heavy atom. The average Bonchev–Trinajstić information content (AvgIpc) is 2.88. The van der Waals surface area contributed by atoms with Crippen LogP contribution in [0, 0.1) is 0 Å². The molecule has 0 saturated heterocycles. The van der Waals surface area contributed by atoms with Crippen molar-refractivity contribution in [2.75, 3.05) is 0 Å². The normalized spacial score (nSPS) is 17.1. The molecular formula is C11H20N4O2S. The summed E-state index contributed by atoms with van der Waals surface area (Å²) in [6.45, 7) is 5.96. The van der Waals surface area contributed by atoms with Gasteiger partial charge < -0.3 is 5.32 Å². The molecule has 1 aliphatic rings. The van der Waals surface area contributed by atoms with Gasteiger partial charge in [-0.2, -0.15) is 5.10 Å². The van der Waals surface area contributed by atoms with Crippen molar-refractivity contribution in [3.8, 4) is 0 Å². The van der Waals surface area contributed by atoms with Crippen molar-refractivity contribution in [1.82, 2.24) is 20.2 Å². The van der Waals surface area contributed by atoms with E-state index in [1.54, 1.807) is 6.20 Å². The lowest BCUT2D eigenvalue weighted by Gasteiger charge is -2.20. The number of aromatic amines is 1. The smallest absolute Gasteiger partial charge is 0.258 e. The van der Waals surface area contributed by atoms with Gasteiger partial charge in [-0.25, -0.2) is 13.1 Å². The highest BCUT2D eigenvalue weighted by Crippen LogP contribution is 2.21. The molecule has 1 aromatic rings. The molecule has 0 atom stereocenters. The number of hydrogen-bond donors (Lipinski definition) is 3. The monoisotopic (exact) mass is 272 g/mol. The van der Waals surface area contributed by atoms with Crippen molar-refractivity contribution in [2.45, 2.75) is 56.8 Å². The summed E-state index contributed by atoms with van der Waals surface area (Å²) in [5.74, 6) is 0. The van der Waals surface area contributed by atoms with Gasteiger partial charge in [0.1, 0.15) is 0 Å². The molecule has 1 aromatic heterocycles. The number of H-pyrrole nitrogens is 1. The molecule has 0 unspecified atom stereocenters. The summed E-state index contributed by atoms with van der Waals surface area (Å²) in [4.78, 5) is 0. The molecule has 0 bridgehead atoms. The summed E-state index contributed by atoms with van der Waals surface area (Å²) in [7, 11) is -3.54. The molecule has 102 valence electrons. The summed E-state index contributed by atoms with van der Waals surface area (Å²) >= 11 is 0. The third-order valence-corrected chi connectivity index (χ3v) is 4.32. The topological polar surface area (TPSA) is 86.9 Å². The number of hydrogen-bond acceptors (Lipinski definition) is 4. The van der Waals surface area contributed by atoms with Crippen molar-refractivity contribution in [3.63, 3.8) is 0 Å². The number of nitrogens with zero attached hydrogens (tertiary/aromatic N) is 1. The van der Waals surface area contributed by atoms with Crippen LogP contribution in [-0.2, 0) is 16.6 Å². The number of aromatic nitrogens is 2. The van der Waals surface area contributed by atoms with Gasteiger partial charge in [-0.05, 0) is 33.6 Å². The molecule has 1 heterocycles. The van der Waals surface area contributed by atoms with Gasteiger partial charge in [0.15, 0.2) is 5.03 Å². The molecule has 3 N–H and O–H groups in total. The van der Waals surface area contributed by atoms with Gasteiger partial charge in [-0.3, -0.25) is 5.10 Å². The van der Waals surface area contributed by atoms with Gasteiger partial charge in [0.25, 0.3) is 10.0 Å². The molecule has 1 aliphatic carbocycles. The Balaban J connectivity index is 2.13. The zero-order valence-electron chi connectivity index (χ0n) is 10.9. The second-order valence-corrected chi connectivity index (χ2v) is 7.35. The fraction of sp³-hybridized carbons (Fsp3) is 0.727. The Hall–Kier alpha value is -0.920. The maximum atomic E-state index is 12.2. The Labute approximate surface area is 108 Å². The predicted octanol–water partition coefficient (Wildman–Crippen LogP) is 0.738. The fourth-order valence-corrected chi connectivity index (χ4v) is 3.20. The molecular weight excluding hydrogens is 252 g/mol. The highest BCUT2D eigenvalue weighted by atomic mass is 32.2. The zero-order valence-corrected chi connectivity index (χ0v) is 11.8. The van der Waals surface area contributed by atoms with Crippen molar-refractivity contribution in [1.29, 1.82) is 0 Å². The van der Waals surface area contributed by atoms with E-state index in [1.807, 2.05) is 20.8 Å². The van der Waals surface area contributed by atoms with E-state index in [-0.39, 0.29) is 5.03 Å². The highest BCUT2D eigenvalue weighted by Gasteiger charge is 2.27.